The molecule has 1 aliphatic rings. The highest BCUT2D eigenvalue weighted by atomic mass is 31.2. The highest BCUT2D eigenvalue weighted by molar-refractivity contribution is 7.47. The molecule has 1 aliphatic carbocycles. The summed E-state index contributed by atoms with van der Waals surface area (Å²) in [6.45, 7) is 3.91. The molecule has 0 radical (unpaired) electrons. The van der Waals surface area contributed by atoms with Crippen LogP contribution in [0, 0.1) is 0 Å². The van der Waals surface area contributed by atoms with Crippen LogP contribution in [0.3, 0.4) is 0 Å². The Balaban J connectivity index is 2.40. The first-order valence-corrected chi connectivity index (χ1v) is 27.5. The van der Waals surface area contributed by atoms with E-state index in [2.05, 4.69) is 135 Å². The fourth-order valence-corrected chi connectivity index (χ4v) is 7.97. The monoisotopic (exact) mass is 999 g/mol. The van der Waals surface area contributed by atoms with Crippen molar-refractivity contribution < 1.29 is 58.3 Å². The van der Waals surface area contributed by atoms with Crippen LogP contribution in [0.1, 0.15) is 155 Å². The van der Waals surface area contributed by atoms with E-state index in [9.17, 15) is 39.8 Å². The van der Waals surface area contributed by atoms with Gasteiger partial charge in [0.05, 0.1) is 13.2 Å². The van der Waals surface area contributed by atoms with Crippen molar-refractivity contribution >= 4 is 13.8 Å². The molecule has 0 spiro atoms. The van der Waals surface area contributed by atoms with Crippen LogP contribution < -0.4 is 0 Å². The SMILES string of the molecule is CC/C=C\C/C=C\C/C=C\C/C=C\C/C=C\C/C=C\CCC(=O)OC(COCCCCCCCCCC/C=C\C/C=C\C/C=C\C/C=C\C/C=C\CC)COP(=O)(O)OC1C(O)C(O)C(O)C(O)C1O. The van der Waals surface area contributed by atoms with Gasteiger partial charge in [-0.25, -0.2) is 4.57 Å². The Hall–Kier alpha value is -3.52. The lowest BCUT2D eigenvalue weighted by atomic mass is 9.85. The maximum absolute atomic E-state index is 12.9. The summed E-state index contributed by atoms with van der Waals surface area (Å²) in [6, 6.07) is 0. The molecule has 0 aromatic rings. The molecule has 0 saturated heterocycles. The van der Waals surface area contributed by atoms with Gasteiger partial charge in [-0.05, 0) is 96.3 Å². The molecule has 0 aliphatic heterocycles. The zero-order chi connectivity index (χ0) is 51.2. The lowest BCUT2D eigenvalue weighted by Gasteiger charge is -2.41. The molecule has 0 bridgehead atoms. The van der Waals surface area contributed by atoms with E-state index in [4.69, 9.17) is 18.5 Å². The number of hydrogen-bond donors (Lipinski definition) is 6. The fraction of sp³-hybridized carbons (Fsp3) is 0.596. The Morgan fingerprint density at radius 2 is 0.800 bits per heavy atom. The average molecular weight is 999 g/mol. The summed E-state index contributed by atoms with van der Waals surface area (Å²) in [7, 11) is -5.06. The van der Waals surface area contributed by atoms with Crippen molar-refractivity contribution in [1.29, 1.82) is 0 Å². The van der Waals surface area contributed by atoms with E-state index in [1.165, 1.54) is 25.7 Å². The van der Waals surface area contributed by atoms with E-state index in [-0.39, 0.29) is 13.0 Å². The normalized spacial score (nSPS) is 22.0. The van der Waals surface area contributed by atoms with Crippen molar-refractivity contribution in [1.82, 2.24) is 0 Å². The lowest BCUT2D eigenvalue weighted by molar-refractivity contribution is -0.220. The Kier molecular flexibility index (Phi) is 41.8. The molecule has 6 unspecified atom stereocenters. The van der Waals surface area contributed by atoms with Crippen LogP contribution in [0.4, 0.5) is 0 Å². The molecule has 1 fully saturated rings. The molecule has 0 aromatic heterocycles. The molecule has 0 heterocycles. The van der Waals surface area contributed by atoms with Crippen LogP contribution in [0.2, 0.25) is 0 Å². The van der Waals surface area contributed by atoms with Crippen molar-refractivity contribution in [3.05, 3.63) is 134 Å². The number of hydrogen-bond acceptors (Lipinski definition) is 11. The number of esters is 1. The van der Waals surface area contributed by atoms with Crippen molar-refractivity contribution in [3.8, 4) is 0 Å². The molecule has 70 heavy (non-hydrogen) atoms. The van der Waals surface area contributed by atoms with Gasteiger partial charge in [0.2, 0.25) is 0 Å². The van der Waals surface area contributed by atoms with Crippen LogP contribution >= 0.6 is 7.82 Å². The minimum Gasteiger partial charge on any atom is -0.457 e. The van der Waals surface area contributed by atoms with Gasteiger partial charge in [0.1, 0.15) is 42.7 Å². The summed E-state index contributed by atoms with van der Waals surface area (Å²) in [4.78, 5) is 23.2. The summed E-state index contributed by atoms with van der Waals surface area (Å²) in [6.07, 6.45) is 55.3. The van der Waals surface area contributed by atoms with E-state index in [1.54, 1.807) is 0 Å². The minimum atomic E-state index is -5.06. The van der Waals surface area contributed by atoms with Gasteiger partial charge in [-0.1, -0.05) is 186 Å². The van der Waals surface area contributed by atoms with E-state index in [0.717, 1.165) is 96.3 Å². The maximum atomic E-state index is 12.9. The molecular formula is C57H91O12P. The second-order valence-corrected chi connectivity index (χ2v) is 18.7. The Morgan fingerprint density at radius 3 is 1.21 bits per heavy atom. The number of unbranched alkanes of at least 4 members (excludes halogenated alkanes) is 8. The van der Waals surface area contributed by atoms with E-state index in [1.807, 2.05) is 12.2 Å². The van der Waals surface area contributed by atoms with Crippen LogP contribution in [0.25, 0.3) is 0 Å². The van der Waals surface area contributed by atoms with Gasteiger partial charge in [-0.15, -0.1) is 0 Å². The first-order valence-electron chi connectivity index (χ1n) is 26.0. The molecule has 6 atom stereocenters. The molecule has 1 rings (SSSR count). The van der Waals surface area contributed by atoms with Gasteiger partial charge in [-0.3, -0.25) is 13.8 Å². The predicted molar refractivity (Wildman–Crippen MR) is 285 cm³/mol. The molecule has 12 nitrogen and oxygen atoms in total. The van der Waals surface area contributed by atoms with Crippen molar-refractivity contribution in [2.24, 2.45) is 0 Å². The van der Waals surface area contributed by atoms with E-state index < -0.39 is 63.1 Å². The highest BCUT2D eigenvalue weighted by Gasteiger charge is 2.51. The van der Waals surface area contributed by atoms with Gasteiger partial charge < -0.3 is 39.9 Å². The number of phosphoric acid groups is 1. The largest absolute Gasteiger partial charge is 0.472 e. The van der Waals surface area contributed by atoms with Gasteiger partial charge in [0.15, 0.2) is 0 Å². The molecule has 13 heteroatoms. The van der Waals surface area contributed by atoms with Crippen LogP contribution in [-0.4, -0.2) is 98.9 Å². The third-order valence-electron chi connectivity index (χ3n) is 11.0. The van der Waals surface area contributed by atoms with Gasteiger partial charge >= 0.3 is 13.8 Å². The molecule has 1 saturated carbocycles. The van der Waals surface area contributed by atoms with Gasteiger partial charge in [0, 0.05) is 13.0 Å². The van der Waals surface area contributed by atoms with Crippen molar-refractivity contribution in [2.45, 2.75) is 198 Å². The third kappa shape index (κ3) is 36.4. The maximum Gasteiger partial charge on any atom is 0.472 e. The predicted octanol–water partition coefficient (Wildman–Crippen LogP) is 12.0. The summed E-state index contributed by atoms with van der Waals surface area (Å²) in [5, 5.41) is 50.3. The topological polar surface area (TPSA) is 192 Å². The summed E-state index contributed by atoms with van der Waals surface area (Å²) < 4.78 is 34.2. The van der Waals surface area contributed by atoms with Crippen molar-refractivity contribution in [3.63, 3.8) is 0 Å². The van der Waals surface area contributed by atoms with Gasteiger partial charge in [-0.2, -0.15) is 0 Å². The van der Waals surface area contributed by atoms with Gasteiger partial charge in [0.25, 0.3) is 0 Å². The molecule has 396 valence electrons. The lowest BCUT2D eigenvalue weighted by Crippen LogP contribution is -2.64. The number of ether oxygens (including phenoxy) is 2. The summed E-state index contributed by atoms with van der Waals surface area (Å²) in [5.74, 6) is -0.568. The highest BCUT2D eigenvalue weighted by Crippen LogP contribution is 2.47. The summed E-state index contributed by atoms with van der Waals surface area (Å²) in [5.41, 5.74) is 0. The molecule has 6 N–H and O–H groups in total. The molecular weight excluding hydrogens is 908 g/mol. The third-order valence-corrected chi connectivity index (χ3v) is 12.0. The standard InChI is InChI=1S/C57H91O12P/c1-3-5-7-9-11-13-15-17-19-21-23-24-25-26-27-29-31-33-35-37-39-41-43-45-47-66-48-50(49-67-70(64,65)69-57-55(62)53(60)52(59)54(61)56(57)63)68-51(58)46-44-42-40-38-36-34-32-30-28-22-20-18-16-14-12-10-8-6-4-2/h5-8,11-14,17-20,23-24,26-28,30,34,36,40,42,50,52-57,59-63H,3-4,9-10,15-16,21-22,25,29,31-33,35,37-39,41,43-49H2,1-2H3,(H,64,65)/b7-5-,8-6-,13-11-,14-12-,19-17-,20-18-,24-23-,27-26-,30-28-,36-34-,42-40-. The molecule has 0 amide bonds. The number of aliphatic hydroxyl groups excluding tert-OH is 5. The van der Waals surface area contributed by atoms with E-state index in [0.29, 0.717) is 19.4 Å². The first kappa shape index (κ1) is 64.5. The number of carbonyl (C=O) groups excluding carboxylic acids is 1. The van der Waals surface area contributed by atoms with Crippen LogP contribution in [0.5, 0.6) is 0 Å². The van der Waals surface area contributed by atoms with E-state index >= 15 is 0 Å². The Bertz CT molecular complexity index is 1660. The smallest absolute Gasteiger partial charge is 0.457 e. The number of carbonyl (C=O) groups is 1. The number of aliphatic hydroxyl groups is 5. The zero-order valence-corrected chi connectivity index (χ0v) is 43.4. The first-order chi connectivity index (χ1) is 34.0. The van der Waals surface area contributed by atoms with Crippen molar-refractivity contribution in [2.75, 3.05) is 19.8 Å². The van der Waals surface area contributed by atoms with Crippen LogP contribution in [-0.2, 0) is 27.9 Å². The fourth-order valence-electron chi connectivity index (χ4n) is 7.00. The molecule has 0 aromatic carbocycles. The summed E-state index contributed by atoms with van der Waals surface area (Å²) >= 11 is 0. The minimum absolute atomic E-state index is 0.0495. The number of rotatable bonds is 42. The second-order valence-electron chi connectivity index (χ2n) is 17.3. The zero-order valence-electron chi connectivity index (χ0n) is 42.5. The quantitative estimate of drug-likeness (QED) is 0.0147. The van der Waals surface area contributed by atoms with Crippen LogP contribution in [0.15, 0.2) is 134 Å². The Labute approximate surface area is 422 Å². The number of allylic oxidation sites excluding steroid dienone is 22. The second kappa shape index (κ2) is 45.4. The Morgan fingerprint density at radius 1 is 0.457 bits per heavy atom. The number of phosphoric ester groups is 1. The average Bonchev–Trinajstić information content (AvgIpc) is 3.35.